The first-order chi connectivity index (χ1) is 7.22. The maximum atomic E-state index is 5.39. The van der Waals surface area contributed by atoms with Crippen LogP contribution in [0.3, 0.4) is 0 Å². The van der Waals surface area contributed by atoms with Crippen molar-refractivity contribution in [2.24, 2.45) is 0 Å². The fourth-order valence-electron chi connectivity index (χ4n) is 1.79. The molecule has 15 heavy (non-hydrogen) atoms. The summed E-state index contributed by atoms with van der Waals surface area (Å²) >= 11 is 0. The van der Waals surface area contributed by atoms with Gasteiger partial charge in [0, 0.05) is 37.0 Å². The van der Waals surface area contributed by atoms with Crippen LogP contribution in [0.25, 0.3) is 0 Å². The van der Waals surface area contributed by atoms with Crippen LogP contribution < -0.4 is 5.32 Å². The van der Waals surface area contributed by atoms with Crippen molar-refractivity contribution in [2.45, 2.75) is 38.9 Å². The second-order valence-electron chi connectivity index (χ2n) is 4.42. The summed E-state index contributed by atoms with van der Waals surface area (Å²) in [5.74, 6) is 0. The summed E-state index contributed by atoms with van der Waals surface area (Å²) in [4.78, 5) is 0. The van der Waals surface area contributed by atoms with Gasteiger partial charge in [0.2, 0.25) is 0 Å². The third-order valence-electron chi connectivity index (χ3n) is 2.95. The molecule has 4 nitrogen and oxygen atoms in total. The van der Waals surface area contributed by atoms with Gasteiger partial charge in [0.05, 0.1) is 12.8 Å². The fraction of sp³-hybridized carbons (Fsp3) is 0.727. The van der Waals surface area contributed by atoms with Crippen LogP contribution in [0.1, 0.15) is 25.8 Å². The minimum atomic E-state index is 0.147. The van der Waals surface area contributed by atoms with E-state index < -0.39 is 0 Å². The molecule has 1 fully saturated rings. The van der Waals surface area contributed by atoms with E-state index in [9.17, 15) is 0 Å². The van der Waals surface area contributed by atoms with Crippen molar-refractivity contribution in [2.75, 3.05) is 13.2 Å². The van der Waals surface area contributed by atoms with E-state index >= 15 is 0 Å². The Bertz CT molecular complexity index is 315. The summed E-state index contributed by atoms with van der Waals surface area (Å²) in [7, 11) is 0. The lowest BCUT2D eigenvalue weighted by Crippen LogP contribution is -2.42. The number of ether oxygens (including phenoxy) is 1. The number of aromatic nitrogens is 2. The number of rotatable bonds is 4. The third-order valence-corrected chi connectivity index (χ3v) is 2.95. The van der Waals surface area contributed by atoms with Crippen molar-refractivity contribution < 1.29 is 4.74 Å². The molecule has 0 amide bonds. The quantitative estimate of drug-likeness (QED) is 0.809. The van der Waals surface area contributed by atoms with Gasteiger partial charge >= 0.3 is 0 Å². The Morgan fingerprint density at radius 2 is 2.53 bits per heavy atom. The van der Waals surface area contributed by atoms with Crippen LogP contribution >= 0.6 is 0 Å². The third kappa shape index (κ3) is 2.58. The Balaban J connectivity index is 1.87. The summed E-state index contributed by atoms with van der Waals surface area (Å²) in [6.07, 6.45) is 5.11. The molecular weight excluding hydrogens is 190 g/mol. The van der Waals surface area contributed by atoms with Gasteiger partial charge in [-0.2, -0.15) is 5.10 Å². The molecule has 1 aliphatic rings. The average Bonchev–Trinajstić information content (AvgIpc) is 2.84. The minimum Gasteiger partial charge on any atom is -0.379 e. The van der Waals surface area contributed by atoms with Gasteiger partial charge in [0.25, 0.3) is 0 Å². The smallest absolute Gasteiger partial charge is 0.0646 e. The van der Waals surface area contributed by atoms with Gasteiger partial charge in [-0.25, -0.2) is 0 Å². The number of nitrogens with one attached hydrogen (secondary N) is 1. The molecule has 1 atom stereocenters. The standard InChI is InChI=1S/C11H19N3O/c1-3-14-8-10(7-13-14)6-12-11(2)4-5-15-9-11/h7-8,12H,3-6,9H2,1-2H3. The topological polar surface area (TPSA) is 39.1 Å². The molecule has 4 heteroatoms. The Morgan fingerprint density at radius 3 is 3.13 bits per heavy atom. The van der Waals surface area contributed by atoms with Gasteiger partial charge in [-0.3, -0.25) is 4.68 Å². The van der Waals surface area contributed by atoms with Crippen molar-refractivity contribution >= 4 is 0 Å². The van der Waals surface area contributed by atoms with Gasteiger partial charge < -0.3 is 10.1 Å². The van der Waals surface area contributed by atoms with Crippen LogP contribution in [-0.2, 0) is 17.8 Å². The number of hydrogen-bond donors (Lipinski definition) is 1. The summed E-state index contributed by atoms with van der Waals surface area (Å²) in [6, 6.07) is 0. The highest BCUT2D eigenvalue weighted by Gasteiger charge is 2.28. The predicted octanol–water partition coefficient (Wildman–Crippen LogP) is 1.17. The van der Waals surface area contributed by atoms with Crippen LogP contribution in [0.2, 0.25) is 0 Å². The largest absolute Gasteiger partial charge is 0.379 e. The van der Waals surface area contributed by atoms with Crippen LogP contribution in [0.5, 0.6) is 0 Å². The van der Waals surface area contributed by atoms with Gasteiger partial charge in [-0.05, 0) is 20.3 Å². The van der Waals surface area contributed by atoms with E-state index in [2.05, 4.69) is 30.5 Å². The Kier molecular flexibility index (Phi) is 3.07. The normalized spacial score (nSPS) is 26.0. The Morgan fingerprint density at radius 1 is 1.67 bits per heavy atom. The molecule has 1 N–H and O–H groups in total. The zero-order valence-corrected chi connectivity index (χ0v) is 9.49. The van der Waals surface area contributed by atoms with Crippen molar-refractivity contribution in [3.05, 3.63) is 18.0 Å². The number of nitrogens with zero attached hydrogens (tertiary/aromatic N) is 2. The lowest BCUT2D eigenvalue weighted by atomic mass is 10.0. The molecule has 0 radical (unpaired) electrons. The van der Waals surface area contributed by atoms with E-state index in [1.54, 1.807) is 0 Å². The first-order valence-electron chi connectivity index (χ1n) is 5.56. The fourth-order valence-corrected chi connectivity index (χ4v) is 1.79. The highest BCUT2D eigenvalue weighted by molar-refractivity contribution is 5.04. The van der Waals surface area contributed by atoms with Crippen LogP contribution in [0.4, 0.5) is 0 Å². The van der Waals surface area contributed by atoms with Crippen molar-refractivity contribution in [1.29, 1.82) is 0 Å². The molecule has 0 aliphatic carbocycles. The van der Waals surface area contributed by atoms with E-state index in [4.69, 9.17) is 4.74 Å². The molecule has 1 aromatic heterocycles. The molecule has 1 aliphatic heterocycles. The molecule has 0 saturated carbocycles. The minimum absolute atomic E-state index is 0.147. The number of hydrogen-bond acceptors (Lipinski definition) is 3. The van der Waals surface area contributed by atoms with Crippen molar-refractivity contribution in [3.8, 4) is 0 Å². The summed E-state index contributed by atoms with van der Waals surface area (Å²) < 4.78 is 7.34. The van der Waals surface area contributed by atoms with Gasteiger partial charge in [0.1, 0.15) is 0 Å². The molecular formula is C11H19N3O. The highest BCUT2D eigenvalue weighted by Crippen LogP contribution is 2.17. The second-order valence-corrected chi connectivity index (χ2v) is 4.42. The van der Waals surface area contributed by atoms with Crippen LogP contribution in [0, 0.1) is 0 Å². The second kappa shape index (κ2) is 4.33. The lowest BCUT2D eigenvalue weighted by Gasteiger charge is -2.23. The average molecular weight is 209 g/mol. The predicted molar refractivity (Wildman–Crippen MR) is 58.6 cm³/mol. The maximum Gasteiger partial charge on any atom is 0.0646 e. The SMILES string of the molecule is CCn1cc(CNC2(C)CCOC2)cn1. The lowest BCUT2D eigenvalue weighted by molar-refractivity contribution is 0.171. The Labute approximate surface area is 90.6 Å². The molecule has 0 aromatic carbocycles. The monoisotopic (exact) mass is 209 g/mol. The molecule has 84 valence electrons. The first-order valence-corrected chi connectivity index (χ1v) is 5.56. The molecule has 1 unspecified atom stereocenters. The van der Waals surface area contributed by atoms with E-state index in [-0.39, 0.29) is 5.54 Å². The van der Waals surface area contributed by atoms with Crippen molar-refractivity contribution in [3.63, 3.8) is 0 Å². The molecule has 1 aromatic rings. The van der Waals surface area contributed by atoms with E-state index in [1.807, 2.05) is 10.9 Å². The van der Waals surface area contributed by atoms with E-state index in [0.717, 1.165) is 32.7 Å². The molecule has 2 heterocycles. The Hall–Kier alpha value is -0.870. The molecule has 0 bridgehead atoms. The van der Waals surface area contributed by atoms with E-state index in [1.165, 1.54) is 5.56 Å². The van der Waals surface area contributed by atoms with Gasteiger partial charge in [-0.15, -0.1) is 0 Å². The highest BCUT2D eigenvalue weighted by atomic mass is 16.5. The summed E-state index contributed by atoms with van der Waals surface area (Å²) in [5, 5.41) is 7.78. The summed E-state index contributed by atoms with van der Waals surface area (Å²) in [5.41, 5.74) is 1.39. The van der Waals surface area contributed by atoms with Crippen molar-refractivity contribution in [1.82, 2.24) is 15.1 Å². The zero-order chi connectivity index (χ0) is 10.7. The zero-order valence-electron chi connectivity index (χ0n) is 9.49. The maximum absolute atomic E-state index is 5.39. The molecule has 0 spiro atoms. The van der Waals surface area contributed by atoms with Gasteiger partial charge in [0.15, 0.2) is 0 Å². The van der Waals surface area contributed by atoms with E-state index in [0.29, 0.717) is 0 Å². The molecule has 2 rings (SSSR count). The first kappa shape index (κ1) is 10.6. The summed E-state index contributed by atoms with van der Waals surface area (Å²) in [6.45, 7) is 7.80. The van der Waals surface area contributed by atoms with Crippen LogP contribution in [-0.4, -0.2) is 28.5 Å². The van der Waals surface area contributed by atoms with Gasteiger partial charge in [-0.1, -0.05) is 0 Å². The molecule has 1 saturated heterocycles. The van der Waals surface area contributed by atoms with Crippen LogP contribution in [0.15, 0.2) is 12.4 Å². The number of aryl methyl sites for hydroxylation is 1.